The molecule has 0 bridgehead atoms. The van der Waals surface area contributed by atoms with Crippen molar-refractivity contribution in [2.75, 3.05) is 5.32 Å². The molecular formula is C20H24N2OS. The summed E-state index contributed by atoms with van der Waals surface area (Å²) in [6.45, 7) is 8.39. The van der Waals surface area contributed by atoms with E-state index in [1.165, 1.54) is 5.56 Å². The summed E-state index contributed by atoms with van der Waals surface area (Å²) < 4.78 is 0. The first kappa shape index (κ1) is 18.1. The molecule has 3 nitrogen and oxygen atoms in total. The lowest BCUT2D eigenvalue weighted by Crippen LogP contribution is -2.34. The third-order valence-electron chi connectivity index (χ3n) is 4.35. The van der Waals surface area contributed by atoms with Crippen LogP contribution >= 0.6 is 12.2 Å². The number of benzene rings is 2. The van der Waals surface area contributed by atoms with Gasteiger partial charge in [-0.15, -0.1) is 0 Å². The molecule has 0 aliphatic rings. The number of hydrogen-bond donors (Lipinski definition) is 2. The van der Waals surface area contributed by atoms with E-state index < -0.39 is 0 Å². The number of carbonyl (C=O) groups excluding carboxylic acids is 1. The van der Waals surface area contributed by atoms with Crippen LogP contribution in [0.1, 0.15) is 53.2 Å². The Labute approximate surface area is 149 Å². The lowest BCUT2D eigenvalue weighted by Gasteiger charge is -2.12. The molecule has 0 saturated carbocycles. The van der Waals surface area contributed by atoms with Crippen LogP contribution in [0.25, 0.3) is 0 Å². The fraction of sp³-hybridized carbons (Fsp3) is 0.300. The zero-order valence-electron chi connectivity index (χ0n) is 14.6. The Hall–Kier alpha value is -2.20. The van der Waals surface area contributed by atoms with Gasteiger partial charge >= 0.3 is 0 Å². The average Bonchev–Trinajstić information content (AvgIpc) is 2.57. The molecule has 0 fully saturated rings. The molecule has 2 rings (SSSR count). The van der Waals surface area contributed by atoms with Gasteiger partial charge in [0.25, 0.3) is 5.91 Å². The molecule has 2 aromatic rings. The van der Waals surface area contributed by atoms with Gasteiger partial charge < -0.3 is 5.32 Å². The van der Waals surface area contributed by atoms with Gasteiger partial charge in [-0.05, 0) is 79.4 Å². The Kier molecular flexibility index (Phi) is 6.10. The topological polar surface area (TPSA) is 41.1 Å². The Bertz CT molecular complexity index is 738. The zero-order valence-corrected chi connectivity index (χ0v) is 15.5. The highest BCUT2D eigenvalue weighted by molar-refractivity contribution is 7.80. The maximum Gasteiger partial charge on any atom is 0.257 e. The molecule has 0 aliphatic carbocycles. The number of carbonyl (C=O) groups is 1. The largest absolute Gasteiger partial charge is 0.332 e. The Morgan fingerprint density at radius 3 is 2.33 bits per heavy atom. The van der Waals surface area contributed by atoms with E-state index in [1.54, 1.807) is 6.07 Å². The van der Waals surface area contributed by atoms with E-state index in [2.05, 4.69) is 36.6 Å². The van der Waals surface area contributed by atoms with Crippen LogP contribution in [0.4, 0.5) is 5.69 Å². The van der Waals surface area contributed by atoms with Gasteiger partial charge in [-0.2, -0.15) is 0 Å². The van der Waals surface area contributed by atoms with Crippen molar-refractivity contribution in [3.63, 3.8) is 0 Å². The number of rotatable bonds is 4. The Morgan fingerprint density at radius 2 is 1.75 bits per heavy atom. The van der Waals surface area contributed by atoms with Crippen LogP contribution in [0.2, 0.25) is 0 Å². The Balaban J connectivity index is 1.97. The van der Waals surface area contributed by atoms with Gasteiger partial charge in [0.05, 0.1) is 0 Å². The van der Waals surface area contributed by atoms with Gasteiger partial charge in [-0.25, -0.2) is 0 Å². The molecule has 2 aromatic carbocycles. The fourth-order valence-electron chi connectivity index (χ4n) is 2.35. The van der Waals surface area contributed by atoms with E-state index in [0.717, 1.165) is 23.2 Å². The highest BCUT2D eigenvalue weighted by atomic mass is 32.1. The summed E-state index contributed by atoms with van der Waals surface area (Å²) >= 11 is 5.24. The van der Waals surface area contributed by atoms with Crippen LogP contribution in [0.5, 0.6) is 0 Å². The second kappa shape index (κ2) is 8.06. The van der Waals surface area contributed by atoms with Crippen LogP contribution in [0.15, 0.2) is 42.5 Å². The number of aryl methyl sites for hydroxylation is 2. The van der Waals surface area contributed by atoms with Crippen molar-refractivity contribution >= 4 is 28.9 Å². The smallest absolute Gasteiger partial charge is 0.257 e. The SMILES string of the molecule is CC[C@H](C)c1ccc(NC(=S)NC(=O)c2ccc(C)c(C)c2)cc1. The van der Waals surface area contributed by atoms with Crippen molar-refractivity contribution in [2.24, 2.45) is 0 Å². The third kappa shape index (κ3) is 4.65. The molecule has 2 N–H and O–H groups in total. The number of amides is 1. The Morgan fingerprint density at radius 1 is 1.08 bits per heavy atom. The molecular weight excluding hydrogens is 316 g/mol. The average molecular weight is 340 g/mol. The van der Waals surface area contributed by atoms with E-state index in [1.807, 2.05) is 38.1 Å². The minimum Gasteiger partial charge on any atom is -0.332 e. The van der Waals surface area contributed by atoms with E-state index in [9.17, 15) is 4.79 Å². The molecule has 24 heavy (non-hydrogen) atoms. The van der Waals surface area contributed by atoms with Crippen molar-refractivity contribution in [2.45, 2.75) is 40.0 Å². The summed E-state index contributed by atoms with van der Waals surface area (Å²) in [5, 5.41) is 6.07. The van der Waals surface area contributed by atoms with Crippen LogP contribution in [-0.4, -0.2) is 11.0 Å². The van der Waals surface area contributed by atoms with Crippen LogP contribution in [0.3, 0.4) is 0 Å². The van der Waals surface area contributed by atoms with Gasteiger partial charge in [-0.1, -0.05) is 32.0 Å². The second-order valence-corrected chi connectivity index (χ2v) is 6.55. The summed E-state index contributed by atoms with van der Waals surface area (Å²) in [6.07, 6.45) is 1.11. The fourth-order valence-corrected chi connectivity index (χ4v) is 2.56. The maximum absolute atomic E-state index is 12.3. The van der Waals surface area contributed by atoms with Gasteiger partial charge in [0.1, 0.15) is 0 Å². The number of hydrogen-bond acceptors (Lipinski definition) is 2. The molecule has 0 spiro atoms. The van der Waals surface area contributed by atoms with Crippen LogP contribution < -0.4 is 10.6 Å². The summed E-state index contributed by atoms with van der Waals surface area (Å²) in [5.41, 5.74) is 5.02. The lowest BCUT2D eigenvalue weighted by atomic mass is 9.99. The highest BCUT2D eigenvalue weighted by Crippen LogP contribution is 2.20. The van der Waals surface area contributed by atoms with E-state index >= 15 is 0 Å². The minimum atomic E-state index is -0.202. The normalized spacial score (nSPS) is 11.7. The van der Waals surface area contributed by atoms with E-state index in [-0.39, 0.29) is 5.91 Å². The molecule has 1 amide bonds. The van der Waals surface area contributed by atoms with E-state index in [4.69, 9.17) is 12.2 Å². The molecule has 0 heterocycles. The monoisotopic (exact) mass is 340 g/mol. The predicted octanol–water partition coefficient (Wildman–Crippen LogP) is 4.94. The summed E-state index contributed by atoms with van der Waals surface area (Å²) in [4.78, 5) is 12.3. The van der Waals surface area contributed by atoms with Crippen molar-refractivity contribution in [1.29, 1.82) is 0 Å². The standard InChI is InChI=1S/C20H24N2OS/c1-5-13(2)16-8-10-18(11-9-16)21-20(24)22-19(23)17-7-6-14(3)15(4)12-17/h6-13H,5H2,1-4H3,(H2,21,22,23,24)/t13-/m0/s1. The number of nitrogens with one attached hydrogen (secondary N) is 2. The first-order valence-corrected chi connectivity index (χ1v) is 8.61. The van der Waals surface area contributed by atoms with Gasteiger partial charge in [0.15, 0.2) is 5.11 Å². The van der Waals surface area contributed by atoms with Gasteiger partial charge in [-0.3, -0.25) is 10.1 Å². The first-order valence-electron chi connectivity index (χ1n) is 8.20. The predicted molar refractivity (Wildman–Crippen MR) is 105 cm³/mol. The molecule has 0 aliphatic heterocycles. The lowest BCUT2D eigenvalue weighted by molar-refractivity contribution is 0.0977. The van der Waals surface area contributed by atoms with Crippen molar-refractivity contribution < 1.29 is 4.79 Å². The third-order valence-corrected chi connectivity index (χ3v) is 4.55. The van der Waals surface area contributed by atoms with Gasteiger partial charge in [0, 0.05) is 11.3 Å². The van der Waals surface area contributed by atoms with Gasteiger partial charge in [0.2, 0.25) is 0 Å². The summed E-state index contributed by atoms with van der Waals surface area (Å²) in [6, 6.07) is 13.8. The van der Waals surface area contributed by atoms with Crippen LogP contribution in [0, 0.1) is 13.8 Å². The zero-order chi connectivity index (χ0) is 17.7. The van der Waals surface area contributed by atoms with Crippen LogP contribution in [-0.2, 0) is 0 Å². The van der Waals surface area contributed by atoms with Crippen molar-refractivity contribution in [3.8, 4) is 0 Å². The van der Waals surface area contributed by atoms with E-state index in [0.29, 0.717) is 16.6 Å². The second-order valence-electron chi connectivity index (χ2n) is 6.14. The molecule has 126 valence electrons. The number of thiocarbonyl (C=S) groups is 1. The molecule has 1 atom stereocenters. The molecule has 0 aromatic heterocycles. The highest BCUT2D eigenvalue weighted by Gasteiger charge is 2.09. The maximum atomic E-state index is 12.3. The van der Waals surface area contributed by atoms with Crippen molar-refractivity contribution in [3.05, 3.63) is 64.7 Å². The molecule has 4 heteroatoms. The summed E-state index contributed by atoms with van der Waals surface area (Å²) in [7, 11) is 0. The quantitative estimate of drug-likeness (QED) is 0.774. The molecule has 0 unspecified atom stereocenters. The van der Waals surface area contributed by atoms with Crippen molar-refractivity contribution in [1.82, 2.24) is 5.32 Å². The summed E-state index contributed by atoms with van der Waals surface area (Å²) in [5.74, 6) is 0.335. The molecule has 0 saturated heterocycles. The number of anilines is 1. The molecule has 0 radical (unpaired) electrons. The first-order chi connectivity index (χ1) is 11.4. The minimum absolute atomic E-state index is 0.202.